The Kier molecular flexibility index (Phi) is 4.77. The Hall–Kier alpha value is -1.99. The van der Waals surface area contributed by atoms with Crippen molar-refractivity contribution in [3.8, 4) is 0 Å². The lowest BCUT2D eigenvalue weighted by Crippen LogP contribution is -2.43. The summed E-state index contributed by atoms with van der Waals surface area (Å²) in [7, 11) is 0. The number of carbonyl (C=O) groups excluding carboxylic acids is 1. The molecule has 22 heavy (non-hydrogen) atoms. The van der Waals surface area contributed by atoms with E-state index >= 15 is 0 Å². The zero-order valence-electron chi connectivity index (χ0n) is 12.5. The number of aryl methyl sites for hydroxylation is 2. The summed E-state index contributed by atoms with van der Waals surface area (Å²) < 4.78 is 42.5. The maximum Gasteiger partial charge on any atom is 0.412 e. The maximum atomic E-state index is 12.5. The van der Waals surface area contributed by atoms with Gasteiger partial charge in [0.2, 0.25) is 0 Å². The van der Waals surface area contributed by atoms with Crippen LogP contribution in [-0.4, -0.2) is 41.9 Å². The molecule has 0 saturated carbocycles. The van der Waals surface area contributed by atoms with Crippen molar-refractivity contribution in [3.63, 3.8) is 0 Å². The molecule has 1 aromatic rings. The molecular formula is C14H18F3N3O2. The Bertz CT molecular complexity index is 559. The summed E-state index contributed by atoms with van der Waals surface area (Å²) >= 11 is 0. The van der Waals surface area contributed by atoms with E-state index in [1.807, 2.05) is 6.92 Å². The molecular weight excluding hydrogens is 299 g/mol. The van der Waals surface area contributed by atoms with Gasteiger partial charge in [0.25, 0.3) is 0 Å². The van der Waals surface area contributed by atoms with Crippen molar-refractivity contribution < 1.29 is 22.5 Å². The summed E-state index contributed by atoms with van der Waals surface area (Å²) in [6.45, 7) is 4.05. The molecule has 0 unspecified atom stereocenters. The van der Waals surface area contributed by atoms with E-state index in [9.17, 15) is 18.0 Å². The summed E-state index contributed by atoms with van der Waals surface area (Å²) in [4.78, 5) is 13.3. The predicted octanol–water partition coefficient (Wildman–Crippen LogP) is 2.74. The van der Waals surface area contributed by atoms with Gasteiger partial charge in [0.1, 0.15) is 5.76 Å². The van der Waals surface area contributed by atoms with Gasteiger partial charge in [-0.1, -0.05) is 11.2 Å². The molecule has 1 aliphatic rings. The fourth-order valence-electron chi connectivity index (χ4n) is 2.38. The first-order valence-corrected chi connectivity index (χ1v) is 7.00. The molecule has 2 heterocycles. The maximum absolute atomic E-state index is 12.5. The predicted molar refractivity (Wildman–Crippen MR) is 73.4 cm³/mol. The highest BCUT2D eigenvalue weighted by Crippen LogP contribution is 2.30. The number of alkyl halides is 3. The van der Waals surface area contributed by atoms with Gasteiger partial charge in [0, 0.05) is 30.8 Å². The lowest BCUT2D eigenvalue weighted by Gasteiger charge is -2.27. The number of hydrogen-bond acceptors (Lipinski definition) is 3. The van der Waals surface area contributed by atoms with Gasteiger partial charge < -0.3 is 14.7 Å². The summed E-state index contributed by atoms with van der Waals surface area (Å²) in [5.41, 5.74) is 1.16. The Morgan fingerprint density at radius 1 is 1.45 bits per heavy atom. The second-order valence-electron chi connectivity index (χ2n) is 5.21. The summed E-state index contributed by atoms with van der Waals surface area (Å²) in [5, 5.41) is 6.53. The third-order valence-electron chi connectivity index (χ3n) is 3.69. The standard InChI is InChI=1S/C14H18F3N3O2/c1-9-12(10(2)22-19-9)3-6-18-13(21)20-7-4-11(5-8-20)14(15,16)17/h4H,3,5-8H2,1-2H3,(H,18,21). The third kappa shape index (κ3) is 3.80. The zero-order chi connectivity index (χ0) is 16.3. The molecule has 1 aromatic heterocycles. The number of hydrogen-bond donors (Lipinski definition) is 1. The van der Waals surface area contributed by atoms with Crippen molar-refractivity contribution in [1.82, 2.24) is 15.4 Å². The van der Waals surface area contributed by atoms with Crippen LogP contribution in [0.15, 0.2) is 16.2 Å². The third-order valence-corrected chi connectivity index (χ3v) is 3.69. The van der Waals surface area contributed by atoms with Crippen LogP contribution < -0.4 is 5.32 Å². The van der Waals surface area contributed by atoms with Crippen molar-refractivity contribution in [2.45, 2.75) is 32.9 Å². The molecule has 0 spiro atoms. The summed E-state index contributed by atoms with van der Waals surface area (Å²) in [6.07, 6.45) is -2.82. The number of amides is 2. The number of nitrogens with one attached hydrogen (secondary N) is 1. The molecule has 0 atom stereocenters. The van der Waals surface area contributed by atoms with E-state index in [-0.39, 0.29) is 25.5 Å². The molecule has 1 aliphatic heterocycles. The number of aromatic nitrogens is 1. The van der Waals surface area contributed by atoms with Crippen molar-refractivity contribution in [2.24, 2.45) is 0 Å². The van der Waals surface area contributed by atoms with Crippen molar-refractivity contribution in [3.05, 3.63) is 28.7 Å². The average molecular weight is 317 g/mol. The van der Waals surface area contributed by atoms with Crippen LogP contribution in [0.3, 0.4) is 0 Å². The second-order valence-corrected chi connectivity index (χ2v) is 5.21. The zero-order valence-corrected chi connectivity index (χ0v) is 12.5. The van der Waals surface area contributed by atoms with Gasteiger partial charge in [-0.05, 0) is 26.7 Å². The lowest BCUT2D eigenvalue weighted by atomic mass is 10.1. The number of carbonyl (C=O) groups is 1. The largest absolute Gasteiger partial charge is 0.412 e. The summed E-state index contributed by atoms with van der Waals surface area (Å²) in [6, 6.07) is -0.357. The normalized spacial score (nSPS) is 15.7. The number of halogens is 3. The van der Waals surface area contributed by atoms with Gasteiger partial charge in [-0.15, -0.1) is 0 Å². The molecule has 2 amide bonds. The average Bonchev–Trinajstić information content (AvgIpc) is 2.78. The highest BCUT2D eigenvalue weighted by atomic mass is 19.4. The SMILES string of the molecule is Cc1noc(C)c1CCNC(=O)N1CC=C(C(F)(F)F)CC1. The minimum atomic E-state index is -4.30. The topological polar surface area (TPSA) is 58.4 Å². The van der Waals surface area contributed by atoms with Gasteiger partial charge in [-0.2, -0.15) is 13.2 Å². The minimum absolute atomic E-state index is 0.0218. The first-order valence-electron chi connectivity index (χ1n) is 7.00. The van der Waals surface area contributed by atoms with Crippen molar-refractivity contribution in [2.75, 3.05) is 19.6 Å². The van der Waals surface area contributed by atoms with Gasteiger partial charge in [0.05, 0.1) is 5.69 Å². The fraction of sp³-hybridized carbons (Fsp3) is 0.571. The summed E-state index contributed by atoms with van der Waals surface area (Å²) in [5.74, 6) is 0.711. The molecule has 0 aromatic carbocycles. The van der Waals surface area contributed by atoms with Crippen LogP contribution >= 0.6 is 0 Å². The molecule has 8 heteroatoms. The van der Waals surface area contributed by atoms with Crippen LogP contribution in [0.2, 0.25) is 0 Å². The number of urea groups is 1. The van der Waals surface area contributed by atoms with Crippen LogP contribution in [0.1, 0.15) is 23.4 Å². The Labute approximate surface area is 126 Å². The minimum Gasteiger partial charge on any atom is -0.361 e. The molecule has 122 valence electrons. The first kappa shape index (κ1) is 16.4. The van der Waals surface area contributed by atoms with Gasteiger partial charge in [-0.3, -0.25) is 0 Å². The van der Waals surface area contributed by atoms with Crippen molar-refractivity contribution in [1.29, 1.82) is 0 Å². The highest BCUT2D eigenvalue weighted by Gasteiger charge is 2.35. The van der Waals surface area contributed by atoms with E-state index in [2.05, 4.69) is 10.5 Å². The molecule has 0 bridgehead atoms. The van der Waals surface area contributed by atoms with Crippen LogP contribution in [-0.2, 0) is 6.42 Å². The van der Waals surface area contributed by atoms with E-state index in [1.54, 1.807) is 6.92 Å². The Morgan fingerprint density at radius 2 is 2.18 bits per heavy atom. The fourth-order valence-corrected chi connectivity index (χ4v) is 2.38. The van der Waals surface area contributed by atoms with E-state index in [4.69, 9.17) is 4.52 Å². The molecule has 0 aliphatic carbocycles. The lowest BCUT2D eigenvalue weighted by molar-refractivity contribution is -0.0956. The Morgan fingerprint density at radius 3 is 2.68 bits per heavy atom. The first-order chi connectivity index (χ1) is 10.3. The van der Waals surface area contributed by atoms with Crippen LogP contribution in [0.25, 0.3) is 0 Å². The van der Waals surface area contributed by atoms with Crippen LogP contribution in [0, 0.1) is 13.8 Å². The van der Waals surface area contributed by atoms with E-state index in [1.165, 1.54) is 4.90 Å². The second kappa shape index (κ2) is 6.41. The monoisotopic (exact) mass is 317 g/mol. The molecule has 2 rings (SSSR count). The Balaban J connectivity index is 1.81. The van der Waals surface area contributed by atoms with Crippen LogP contribution in [0.5, 0.6) is 0 Å². The van der Waals surface area contributed by atoms with E-state index in [0.717, 1.165) is 17.3 Å². The van der Waals surface area contributed by atoms with E-state index in [0.29, 0.717) is 18.7 Å². The van der Waals surface area contributed by atoms with Gasteiger partial charge in [-0.25, -0.2) is 4.79 Å². The molecule has 1 N–H and O–H groups in total. The van der Waals surface area contributed by atoms with Crippen LogP contribution in [0.4, 0.5) is 18.0 Å². The molecule has 0 saturated heterocycles. The van der Waals surface area contributed by atoms with E-state index < -0.39 is 11.7 Å². The van der Waals surface area contributed by atoms with Gasteiger partial charge >= 0.3 is 12.2 Å². The highest BCUT2D eigenvalue weighted by molar-refractivity contribution is 5.74. The smallest absolute Gasteiger partial charge is 0.361 e. The molecule has 5 nitrogen and oxygen atoms in total. The van der Waals surface area contributed by atoms with Crippen molar-refractivity contribution >= 4 is 6.03 Å². The quantitative estimate of drug-likeness (QED) is 0.872. The number of nitrogens with zero attached hydrogens (tertiary/aromatic N) is 2. The molecule has 0 radical (unpaired) electrons. The van der Waals surface area contributed by atoms with Gasteiger partial charge in [0.15, 0.2) is 0 Å². The number of rotatable bonds is 3. The molecule has 0 fully saturated rings.